The molecule has 145 heavy (non-hydrogen) atoms. The molecule has 0 atom stereocenters. The maximum Gasteiger partial charge on any atom is 2.00 e. The maximum absolute atomic E-state index is 9.91. The molecule has 0 aliphatic carbocycles. The van der Waals surface area contributed by atoms with Crippen LogP contribution in [0.25, 0.3) is 0 Å². The van der Waals surface area contributed by atoms with Crippen molar-refractivity contribution in [1.29, 1.82) is 0 Å². The van der Waals surface area contributed by atoms with E-state index in [1.54, 1.807) is 107 Å². The molecule has 0 unspecified atom stereocenters. The molecular weight excluding hydrogens is 2190 g/mol. The summed E-state index contributed by atoms with van der Waals surface area (Å²) in [6.07, 6.45) is 14.5. The van der Waals surface area contributed by atoms with Gasteiger partial charge < -0.3 is 68.0 Å². The van der Waals surface area contributed by atoms with E-state index in [0.717, 1.165) is 121 Å². The Labute approximate surface area is 900 Å². The van der Waals surface area contributed by atoms with Gasteiger partial charge in [0, 0.05) is 174 Å². The summed E-state index contributed by atoms with van der Waals surface area (Å²) in [4.78, 5) is 102. The summed E-state index contributed by atoms with van der Waals surface area (Å²) in [5.41, 5.74) is 32.3. The zero-order chi connectivity index (χ0) is 106. The number of nitrogen functional groups attached to an aromatic ring is 4. The van der Waals surface area contributed by atoms with Crippen molar-refractivity contribution >= 4 is 47.1 Å². The standard InChI is InChI=1S/4C18H19N5.4C5H10O2.4ClHO4.H2O.4Zn/c4*19-18-9-5-8-17(22-18)14-23(12-15-6-1-3-10-20-15)13-16-7-2-4-11-21-16;4*1-5(2,3)4(6)7;4*2-1(3,4)5;;;;;/h4*1-11H,12-14H2,(H2,19,22);4*1-3H3,(H,6,7);4*(H,2,3,4,5);1H2;;;;/q;;;;;;;;;;;;;4*+2/p-8. The third-order valence-corrected chi connectivity index (χ3v) is 16.2. The van der Waals surface area contributed by atoms with Gasteiger partial charge in [0.2, 0.25) is 0 Å². The van der Waals surface area contributed by atoms with Crippen LogP contribution >= 0.6 is 0 Å². The van der Waals surface area contributed by atoms with Gasteiger partial charge in [-0.15, -0.1) is 41.0 Å². The van der Waals surface area contributed by atoms with Crippen LogP contribution in [0.2, 0.25) is 0 Å². The molecule has 53 heteroatoms. The van der Waals surface area contributed by atoms with Gasteiger partial charge in [-0.2, -0.15) is 0 Å². The number of hydrogen-bond acceptors (Lipinski definition) is 44. The Hall–Kier alpha value is -10.3. The number of nitrogens with zero attached hydrogens (tertiary/aromatic N) is 16. The van der Waals surface area contributed by atoms with E-state index in [2.05, 4.69) is 79.4 Å². The molecule has 12 aromatic rings. The zero-order valence-corrected chi connectivity index (χ0v) is 96.9. The second-order valence-corrected chi connectivity index (χ2v) is 36.0. The number of rotatable bonds is 24. The predicted octanol–water partition coefficient (Wildman–Crippen LogP) is -10.1. The monoisotopic (exact) mass is 2290 g/mol. The molecule has 45 nitrogen and oxygen atoms in total. The number of nitrogens with two attached hydrogens (primary N) is 4. The Morgan fingerprint density at radius 1 is 0.214 bits per heavy atom. The second kappa shape index (κ2) is 74.6. The number of carbonyl (C=O) groups is 4. The van der Waals surface area contributed by atoms with Gasteiger partial charge in [0.1, 0.15) is 23.3 Å². The van der Waals surface area contributed by atoms with Gasteiger partial charge in [-0.05, 0) is 146 Å². The van der Waals surface area contributed by atoms with E-state index in [0.29, 0.717) is 49.5 Å². The summed E-state index contributed by atoms with van der Waals surface area (Å²) in [5, 5.41) is 39.6. The minimum atomic E-state index is -4.94. The molecule has 10 N–H and O–H groups in total. The molecule has 12 heterocycles. The molecule has 0 spiro atoms. The summed E-state index contributed by atoms with van der Waals surface area (Å²) in [7, 11) is -19.8. The number of carboxylic acids is 4. The minimum Gasteiger partial charge on any atom is -0.550 e. The molecule has 0 bridgehead atoms. The summed E-state index contributed by atoms with van der Waals surface area (Å²) in [5.74, 6) is -1.87. The number of pyridine rings is 12. The number of aliphatic carboxylic acids is 4. The maximum atomic E-state index is 9.91. The Morgan fingerprint density at radius 2 is 0.310 bits per heavy atom. The van der Waals surface area contributed by atoms with Crippen LogP contribution in [0.3, 0.4) is 0 Å². The van der Waals surface area contributed by atoms with Gasteiger partial charge in [-0.25, -0.2) is 94.5 Å². The molecule has 0 saturated heterocycles. The van der Waals surface area contributed by atoms with Crippen LogP contribution in [0.1, 0.15) is 151 Å². The molecule has 12 rings (SSSR count). The Morgan fingerprint density at radius 3 is 0.393 bits per heavy atom. The van der Waals surface area contributed by atoms with Gasteiger partial charge in [0.25, 0.3) is 0 Å². The molecule has 0 aliphatic rings. The Kier molecular flexibility index (Phi) is 73.6. The normalized spacial score (nSPS) is 10.7. The third kappa shape index (κ3) is 84.5. The topological polar surface area (TPSA) is 833 Å². The van der Waals surface area contributed by atoms with E-state index in [1.165, 1.54) is 0 Å². The van der Waals surface area contributed by atoms with Crippen molar-refractivity contribution in [1.82, 2.24) is 79.4 Å². The van der Waals surface area contributed by atoms with Crippen LogP contribution in [-0.4, -0.2) is 109 Å². The van der Waals surface area contributed by atoms with Crippen molar-refractivity contribution in [2.24, 2.45) is 21.7 Å². The average Bonchev–Trinajstić information content (AvgIpc) is 0.878. The first-order valence-corrected chi connectivity index (χ1v) is 46.2. The number of carboxylic acid groups (broad SMARTS) is 4. The van der Waals surface area contributed by atoms with E-state index >= 15 is 0 Å². The van der Waals surface area contributed by atoms with E-state index in [9.17, 15) is 39.6 Å². The summed E-state index contributed by atoms with van der Waals surface area (Å²) in [6, 6.07) is 70.4. The Balaban J connectivity index is -0.000000517. The molecule has 0 aromatic carbocycles. The summed E-state index contributed by atoms with van der Waals surface area (Å²) < 4.78 is 136. The molecule has 0 amide bonds. The van der Waals surface area contributed by atoms with Crippen molar-refractivity contribution in [2.75, 3.05) is 22.9 Å². The van der Waals surface area contributed by atoms with Crippen molar-refractivity contribution in [3.05, 3.63) is 336 Å². The van der Waals surface area contributed by atoms with Gasteiger partial charge in [0.05, 0.1) is 68.3 Å². The van der Waals surface area contributed by atoms with Crippen LogP contribution in [0.4, 0.5) is 23.3 Å². The number of halogens is 4. The third-order valence-electron chi connectivity index (χ3n) is 16.2. The average molecular weight is 2300 g/mol. The number of anilines is 4. The predicted molar refractivity (Wildman–Crippen MR) is 462 cm³/mol. The van der Waals surface area contributed by atoms with E-state index in [4.69, 9.17) is 97.5 Å². The first kappa shape index (κ1) is 143. The Bertz CT molecular complexity index is 4560. The fraction of sp³-hybridized carbons (Fsp3) is 0.304. The molecule has 0 radical (unpaired) electrons. The van der Waals surface area contributed by atoms with Crippen LogP contribution in [0.15, 0.2) is 268 Å². The number of carbonyl (C=O) groups excluding carboxylic acids is 4. The van der Waals surface area contributed by atoms with E-state index in [1.807, 2.05) is 244 Å². The van der Waals surface area contributed by atoms with E-state index < -0.39 is 86.5 Å². The van der Waals surface area contributed by atoms with Crippen LogP contribution in [-0.2, 0) is 176 Å². The van der Waals surface area contributed by atoms with Gasteiger partial charge in [-0.3, -0.25) is 59.5 Å². The van der Waals surface area contributed by atoms with Crippen LogP contribution in [0.5, 0.6) is 0 Å². The SMILES string of the molecule is CC(C)(C)C(=O)[O-].CC(C)(C)C(=O)[O-].CC(C)(C)C(=O)[O-].CC(C)(C)C(=O)[O-].Nc1cccc(CN(Cc2ccccn2)Cc2ccccn2)n1.Nc1cccc(CN(Cc2ccccn2)Cc2ccccn2)n1.Nc1cccc(CN(Cc2ccccn2)Cc2ccccn2)n1.Nc1cccc(CN(Cc2ccccn2)Cc2ccccn2)n1.O.[O-][Cl+3]([O-])([O-])[O-].[O-][Cl+3]([O-])([O-])[O-].[O-][Cl+3]([O-])([O-])[O-].[O-][Cl+3]([O-])([O-])[O-].[Zn+2].[Zn+2].[Zn+2].[Zn+2]. The molecular formula is C92H114Cl4N20O25Zn4. The van der Waals surface area contributed by atoms with Crippen LogP contribution in [0, 0.1) is 62.6 Å². The molecule has 0 fully saturated rings. The van der Waals surface area contributed by atoms with Crippen molar-refractivity contribution < 1.29 is 239 Å². The molecule has 12 aromatic heterocycles. The molecule has 768 valence electrons. The fourth-order valence-electron chi connectivity index (χ4n) is 9.70. The first-order chi connectivity index (χ1) is 64.9. The smallest absolute Gasteiger partial charge is 0.550 e. The number of aromatic nitrogens is 12. The second-order valence-electron chi connectivity index (χ2n) is 33.0. The first-order valence-electron chi connectivity index (χ1n) is 41.2. The van der Waals surface area contributed by atoms with Crippen molar-refractivity contribution in [2.45, 2.75) is 162 Å². The molecule has 0 aliphatic heterocycles. The van der Waals surface area contributed by atoms with Gasteiger partial charge in [0.15, 0.2) is 0 Å². The fourth-order valence-corrected chi connectivity index (χ4v) is 9.70. The van der Waals surface area contributed by atoms with Crippen molar-refractivity contribution in [3.8, 4) is 0 Å². The summed E-state index contributed by atoms with van der Waals surface area (Å²) >= 11 is 0. The minimum absolute atomic E-state index is 0. The largest absolute Gasteiger partial charge is 2.00 e. The zero-order valence-electron chi connectivity index (χ0n) is 82.0. The summed E-state index contributed by atoms with van der Waals surface area (Å²) in [6.45, 7) is 27.8. The van der Waals surface area contributed by atoms with Gasteiger partial charge >= 0.3 is 77.9 Å². The quantitative estimate of drug-likeness (QED) is 0.0408. The van der Waals surface area contributed by atoms with Crippen LogP contribution < -0.4 is 118 Å². The van der Waals surface area contributed by atoms with E-state index in [-0.39, 0.29) is 83.4 Å². The molecule has 0 saturated carbocycles. The van der Waals surface area contributed by atoms with Gasteiger partial charge in [-0.1, -0.05) is 156 Å². The number of hydrogen-bond donors (Lipinski definition) is 4. The van der Waals surface area contributed by atoms with Crippen molar-refractivity contribution in [3.63, 3.8) is 0 Å².